The molecular weight excluding hydrogens is 218 g/mol. The van der Waals surface area contributed by atoms with E-state index in [0.29, 0.717) is 12.4 Å². The third-order valence-electron chi connectivity index (χ3n) is 2.95. The summed E-state index contributed by atoms with van der Waals surface area (Å²) in [6, 6.07) is 5.77. The van der Waals surface area contributed by atoms with Crippen molar-refractivity contribution in [2.24, 2.45) is 0 Å². The number of carbonyl (C=O) groups is 1. The van der Waals surface area contributed by atoms with Crippen molar-refractivity contribution in [3.8, 4) is 5.88 Å². The lowest BCUT2D eigenvalue weighted by Crippen LogP contribution is -2.47. The van der Waals surface area contributed by atoms with Crippen LogP contribution in [0.5, 0.6) is 5.88 Å². The molecule has 0 atom stereocenters. The van der Waals surface area contributed by atoms with Crippen LogP contribution >= 0.6 is 0 Å². The van der Waals surface area contributed by atoms with Crippen molar-refractivity contribution in [1.82, 2.24) is 9.88 Å². The molecule has 1 aliphatic heterocycles. The van der Waals surface area contributed by atoms with E-state index in [1.54, 1.807) is 7.11 Å². The summed E-state index contributed by atoms with van der Waals surface area (Å²) in [5.41, 5.74) is 0. The highest BCUT2D eigenvalue weighted by atomic mass is 16.5. The number of anilines is 1. The molecule has 0 unspecified atom stereocenters. The van der Waals surface area contributed by atoms with Gasteiger partial charge in [0.1, 0.15) is 12.1 Å². The molecule has 5 heteroatoms. The fourth-order valence-electron chi connectivity index (χ4n) is 1.96. The Kier molecular flexibility index (Phi) is 3.93. The van der Waals surface area contributed by atoms with Gasteiger partial charge in [-0.05, 0) is 6.07 Å². The number of aldehydes is 1. The number of hydrogen-bond acceptors (Lipinski definition) is 5. The van der Waals surface area contributed by atoms with Crippen LogP contribution in [0.15, 0.2) is 18.2 Å². The molecule has 1 saturated heterocycles. The van der Waals surface area contributed by atoms with Crippen LogP contribution in [0.3, 0.4) is 0 Å². The van der Waals surface area contributed by atoms with Crippen molar-refractivity contribution in [3.05, 3.63) is 18.2 Å². The highest BCUT2D eigenvalue weighted by molar-refractivity contribution is 5.52. The first-order chi connectivity index (χ1) is 8.33. The van der Waals surface area contributed by atoms with Gasteiger partial charge in [0, 0.05) is 32.2 Å². The predicted molar refractivity (Wildman–Crippen MR) is 65.5 cm³/mol. The lowest BCUT2D eigenvalue weighted by molar-refractivity contribution is -0.108. The molecule has 1 fully saturated rings. The third-order valence-corrected chi connectivity index (χ3v) is 2.95. The Balaban J connectivity index is 1.97. The molecule has 0 bridgehead atoms. The largest absolute Gasteiger partial charge is 0.481 e. The minimum absolute atomic E-state index is 0.527. The summed E-state index contributed by atoms with van der Waals surface area (Å²) in [6.45, 7) is 4.12. The number of piperazine rings is 1. The van der Waals surface area contributed by atoms with Crippen molar-refractivity contribution in [3.63, 3.8) is 0 Å². The van der Waals surface area contributed by atoms with Crippen molar-refractivity contribution < 1.29 is 9.53 Å². The minimum Gasteiger partial charge on any atom is -0.481 e. The summed E-state index contributed by atoms with van der Waals surface area (Å²) < 4.78 is 5.11. The van der Waals surface area contributed by atoms with E-state index < -0.39 is 0 Å². The minimum atomic E-state index is 0.527. The number of rotatable bonds is 4. The van der Waals surface area contributed by atoms with E-state index >= 15 is 0 Å². The second kappa shape index (κ2) is 5.63. The molecule has 2 heterocycles. The highest BCUT2D eigenvalue weighted by Crippen LogP contribution is 2.16. The van der Waals surface area contributed by atoms with Gasteiger partial charge in [0.15, 0.2) is 0 Å². The van der Waals surface area contributed by atoms with E-state index in [9.17, 15) is 4.79 Å². The molecule has 1 aromatic heterocycles. The molecular formula is C12H17N3O2. The van der Waals surface area contributed by atoms with Gasteiger partial charge in [0.25, 0.3) is 0 Å². The molecule has 0 aliphatic carbocycles. The quantitative estimate of drug-likeness (QED) is 0.707. The van der Waals surface area contributed by atoms with Gasteiger partial charge in [-0.1, -0.05) is 6.07 Å². The number of aromatic nitrogens is 1. The number of carbonyl (C=O) groups excluding carboxylic acids is 1. The fraction of sp³-hybridized carbons (Fsp3) is 0.500. The average Bonchev–Trinajstić information content (AvgIpc) is 2.40. The molecule has 0 amide bonds. The van der Waals surface area contributed by atoms with Crippen LogP contribution < -0.4 is 9.64 Å². The van der Waals surface area contributed by atoms with Crippen LogP contribution in [-0.2, 0) is 4.79 Å². The summed E-state index contributed by atoms with van der Waals surface area (Å²) >= 11 is 0. The second-order valence-electron chi connectivity index (χ2n) is 3.99. The molecule has 0 radical (unpaired) electrons. The van der Waals surface area contributed by atoms with Gasteiger partial charge in [0.2, 0.25) is 5.88 Å². The molecule has 0 spiro atoms. The molecule has 2 rings (SSSR count). The van der Waals surface area contributed by atoms with Crippen LogP contribution in [0.2, 0.25) is 0 Å². The molecule has 1 aliphatic rings. The zero-order valence-electron chi connectivity index (χ0n) is 10.0. The third kappa shape index (κ3) is 2.94. The maximum Gasteiger partial charge on any atom is 0.214 e. The molecule has 0 aromatic carbocycles. The number of ether oxygens (including phenoxy) is 1. The van der Waals surface area contributed by atoms with E-state index in [-0.39, 0.29) is 0 Å². The number of methoxy groups -OCH3 is 1. The van der Waals surface area contributed by atoms with Crippen LogP contribution in [0.4, 0.5) is 5.82 Å². The number of hydrogen-bond donors (Lipinski definition) is 0. The summed E-state index contributed by atoms with van der Waals surface area (Å²) in [5, 5.41) is 0. The zero-order valence-corrected chi connectivity index (χ0v) is 10.0. The maximum absolute atomic E-state index is 10.4. The molecule has 0 saturated carbocycles. The van der Waals surface area contributed by atoms with Crippen molar-refractivity contribution in [2.75, 3.05) is 44.7 Å². The van der Waals surface area contributed by atoms with E-state index in [1.807, 2.05) is 18.2 Å². The summed E-state index contributed by atoms with van der Waals surface area (Å²) in [6.07, 6.45) is 0.958. The topological polar surface area (TPSA) is 45.7 Å². The summed E-state index contributed by atoms with van der Waals surface area (Å²) in [7, 11) is 1.62. The smallest absolute Gasteiger partial charge is 0.214 e. The van der Waals surface area contributed by atoms with Gasteiger partial charge in [-0.2, -0.15) is 4.98 Å². The van der Waals surface area contributed by atoms with Gasteiger partial charge >= 0.3 is 0 Å². The molecule has 92 valence electrons. The normalized spacial score (nSPS) is 16.9. The lowest BCUT2D eigenvalue weighted by atomic mass is 10.3. The Morgan fingerprint density at radius 1 is 1.35 bits per heavy atom. The van der Waals surface area contributed by atoms with Crippen LogP contribution in [-0.4, -0.2) is 56.0 Å². The first kappa shape index (κ1) is 11.9. The predicted octanol–water partition coefficient (Wildman–Crippen LogP) is 0.411. The summed E-state index contributed by atoms with van der Waals surface area (Å²) in [4.78, 5) is 19.2. The molecule has 0 N–H and O–H groups in total. The highest BCUT2D eigenvalue weighted by Gasteiger charge is 2.17. The Labute approximate surface area is 101 Å². The average molecular weight is 235 g/mol. The monoisotopic (exact) mass is 235 g/mol. The van der Waals surface area contributed by atoms with Crippen LogP contribution in [0.1, 0.15) is 0 Å². The molecule has 5 nitrogen and oxygen atoms in total. The Morgan fingerprint density at radius 2 is 2.12 bits per heavy atom. The zero-order chi connectivity index (χ0) is 12.1. The van der Waals surface area contributed by atoms with E-state index in [4.69, 9.17) is 4.74 Å². The first-order valence-electron chi connectivity index (χ1n) is 5.75. The van der Waals surface area contributed by atoms with E-state index in [1.165, 1.54) is 0 Å². The van der Waals surface area contributed by atoms with Gasteiger partial charge in [-0.15, -0.1) is 0 Å². The van der Waals surface area contributed by atoms with Gasteiger partial charge in [0.05, 0.1) is 13.7 Å². The SMILES string of the molecule is COc1cccc(N2CCN(CC=O)CC2)n1. The second-order valence-corrected chi connectivity index (χ2v) is 3.99. The fourth-order valence-corrected chi connectivity index (χ4v) is 1.96. The van der Waals surface area contributed by atoms with Crippen molar-refractivity contribution in [1.29, 1.82) is 0 Å². The van der Waals surface area contributed by atoms with E-state index in [0.717, 1.165) is 38.3 Å². The maximum atomic E-state index is 10.4. The van der Waals surface area contributed by atoms with Crippen molar-refractivity contribution >= 4 is 12.1 Å². The number of nitrogens with zero attached hydrogens (tertiary/aromatic N) is 3. The van der Waals surface area contributed by atoms with Gasteiger partial charge in [-0.25, -0.2) is 0 Å². The van der Waals surface area contributed by atoms with Crippen LogP contribution in [0.25, 0.3) is 0 Å². The van der Waals surface area contributed by atoms with Crippen molar-refractivity contribution in [2.45, 2.75) is 0 Å². The number of pyridine rings is 1. The standard InChI is InChI=1S/C12H17N3O2/c1-17-12-4-2-3-11(13-12)15-7-5-14(6-8-15)9-10-16/h2-4,10H,5-9H2,1H3. The molecule has 17 heavy (non-hydrogen) atoms. The Morgan fingerprint density at radius 3 is 2.76 bits per heavy atom. The van der Waals surface area contributed by atoms with Gasteiger partial charge < -0.3 is 14.4 Å². The van der Waals surface area contributed by atoms with Gasteiger partial charge in [-0.3, -0.25) is 4.90 Å². The lowest BCUT2D eigenvalue weighted by Gasteiger charge is -2.34. The Hall–Kier alpha value is -1.62. The first-order valence-corrected chi connectivity index (χ1v) is 5.75. The summed E-state index contributed by atoms with van der Waals surface area (Å²) in [5.74, 6) is 1.58. The van der Waals surface area contributed by atoms with Crippen LogP contribution in [0, 0.1) is 0 Å². The Bertz CT molecular complexity index is 376. The molecule has 1 aromatic rings. The van der Waals surface area contributed by atoms with E-state index in [2.05, 4.69) is 14.8 Å².